The summed E-state index contributed by atoms with van der Waals surface area (Å²) in [4.78, 5) is 11.5. The van der Waals surface area contributed by atoms with Gasteiger partial charge in [0.1, 0.15) is 11.6 Å². The summed E-state index contributed by atoms with van der Waals surface area (Å²) in [5.41, 5.74) is -0.347. The van der Waals surface area contributed by atoms with Crippen LogP contribution in [0, 0.1) is 11.3 Å². The number of unbranched alkanes of at least 4 members (excludes halogenated alkanes) is 1. The molecule has 0 aliphatic carbocycles. The van der Waals surface area contributed by atoms with Crippen molar-refractivity contribution < 1.29 is 5.11 Å². The summed E-state index contributed by atoms with van der Waals surface area (Å²) < 4.78 is 1.22. The van der Waals surface area contributed by atoms with Crippen LogP contribution in [0.4, 0.5) is 0 Å². The lowest BCUT2D eigenvalue weighted by Gasteiger charge is -2.06. The van der Waals surface area contributed by atoms with E-state index in [2.05, 4.69) is 0 Å². The van der Waals surface area contributed by atoms with Crippen molar-refractivity contribution in [2.45, 2.75) is 26.3 Å². The molecule has 0 radical (unpaired) electrons. The number of aromatic nitrogens is 1. The highest BCUT2D eigenvalue weighted by molar-refractivity contribution is 5.29. The Morgan fingerprint density at radius 2 is 2.29 bits per heavy atom. The predicted molar refractivity (Wildman–Crippen MR) is 52.0 cm³/mol. The Hall–Kier alpha value is -1.76. The number of hydrogen-bond donors (Lipinski definition) is 1. The highest BCUT2D eigenvalue weighted by Gasteiger charge is 2.06. The molecule has 0 amide bonds. The summed E-state index contributed by atoms with van der Waals surface area (Å²) in [5, 5.41) is 18.0. The zero-order valence-corrected chi connectivity index (χ0v) is 8.03. The maximum atomic E-state index is 11.5. The molecule has 1 heterocycles. The number of nitriles is 1. The van der Waals surface area contributed by atoms with E-state index in [4.69, 9.17) is 5.26 Å². The predicted octanol–water partition coefficient (Wildman–Crippen LogP) is 1.23. The summed E-state index contributed by atoms with van der Waals surface area (Å²) in [5.74, 6) is -0.0811. The zero-order chi connectivity index (χ0) is 10.6. The van der Waals surface area contributed by atoms with Crippen LogP contribution in [0.3, 0.4) is 0 Å². The van der Waals surface area contributed by atoms with Crippen molar-refractivity contribution in [1.29, 1.82) is 5.26 Å². The molecule has 0 atom stereocenters. The van der Waals surface area contributed by atoms with Gasteiger partial charge < -0.3 is 5.11 Å². The molecule has 4 heteroatoms. The highest BCUT2D eigenvalue weighted by atomic mass is 16.3. The molecule has 14 heavy (non-hydrogen) atoms. The van der Waals surface area contributed by atoms with Crippen molar-refractivity contribution in [2.24, 2.45) is 0 Å². The summed E-state index contributed by atoms with van der Waals surface area (Å²) in [6, 6.07) is 4.50. The quantitative estimate of drug-likeness (QED) is 0.783. The van der Waals surface area contributed by atoms with E-state index in [9.17, 15) is 9.90 Å². The van der Waals surface area contributed by atoms with Gasteiger partial charge in [-0.05, 0) is 18.6 Å². The number of rotatable bonds is 3. The number of pyridine rings is 1. The smallest absolute Gasteiger partial charge is 0.271 e. The molecule has 0 spiro atoms. The first-order valence-electron chi connectivity index (χ1n) is 4.53. The summed E-state index contributed by atoms with van der Waals surface area (Å²) in [7, 11) is 0. The lowest BCUT2D eigenvalue weighted by Crippen LogP contribution is -2.22. The van der Waals surface area contributed by atoms with Crippen molar-refractivity contribution in [3.8, 4) is 11.9 Å². The Labute approximate surface area is 82.0 Å². The second-order valence-corrected chi connectivity index (χ2v) is 3.03. The number of nitrogens with zero attached hydrogens (tertiary/aromatic N) is 2. The lowest BCUT2D eigenvalue weighted by molar-refractivity contribution is 0.401. The molecule has 1 N–H and O–H groups in total. The van der Waals surface area contributed by atoms with Gasteiger partial charge in [-0.15, -0.1) is 0 Å². The minimum absolute atomic E-state index is 0.0684. The average Bonchev–Trinajstić information content (AvgIpc) is 2.18. The molecule has 0 fully saturated rings. The molecule has 74 valence electrons. The molecular weight excluding hydrogens is 180 g/mol. The van der Waals surface area contributed by atoms with E-state index >= 15 is 0 Å². The lowest BCUT2D eigenvalue weighted by atomic mass is 10.2. The van der Waals surface area contributed by atoms with Gasteiger partial charge in [-0.1, -0.05) is 13.3 Å². The third kappa shape index (κ3) is 1.94. The molecule has 1 rings (SSSR count). The maximum Gasteiger partial charge on any atom is 0.271 e. The average molecular weight is 192 g/mol. The fraction of sp³-hybridized carbons (Fsp3) is 0.400. The van der Waals surface area contributed by atoms with Crippen LogP contribution in [0.25, 0.3) is 0 Å². The Bertz CT molecular complexity index is 415. The molecule has 0 saturated heterocycles. The summed E-state index contributed by atoms with van der Waals surface area (Å²) in [6.07, 6.45) is 1.74. The van der Waals surface area contributed by atoms with Crippen molar-refractivity contribution in [2.75, 3.05) is 0 Å². The van der Waals surface area contributed by atoms with Crippen molar-refractivity contribution in [3.05, 3.63) is 28.0 Å². The van der Waals surface area contributed by atoms with E-state index in [-0.39, 0.29) is 11.4 Å². The third-order valence-electron chi connectivity index (χ3n) is 2.01. The minimum Gasteiger partial charge on any atom is -0.494 e. The van der Waals surface area contributed by atoms with Crippen molar-refractivity contribution in [3.63, 3.8) is 0 Å². The van der Waals surface area contributed by atoms with E-state index < -0.39 is 5.56 Å². The van der Waals surface area contributed by atoms with E-state index in [0.717, 1.165) is 12.8 Å². The van der Waals surface area contributed by atoms with Crippen LogP contribution in [0.1, 0.15) is 25.3 Å². The van der Waals surface area contributed by atoms with Crippen LogP contribution in [0.5, 0.6) is 5.88 Å². The van der Waals surface area contributed by atoms with Gasteiger partial charge in [0.15, 0.2) is 5.88 Å². The van der Waals surface area contributed by atoms with E-state index in [1.54, 1.807) is 6.07 Å². The molecular formula is C10H12N2O2. The van der Waals surface area contributed by atoms with Gasteiger partial charge in [-0.3, -0.25) is 9.36 Å². The topological polar surface area (TPSA) is 66.0 Å². The summed E-state index contributed by atoms with van der Waals surface area (Å²) >= 11 is 0. The van der Waals surface area contributed by atoms with Gasteiger partial charge in [0.25, 0.3) is 5.56 Å². The standard InChI is InChI=1S/C10H12N2O2/c1-2-3-6-12-9(13)5-4-8(7-11)10(12)14/h4-5,13H,2-3,6H2,1H3. The molecule has 0 aliphatic heterocycles. The van der Waals surface area contributed by atoms with E-state index in [1.165, 1.54) is 16.7 Å². The number of hydrogen-bond acceptors (Lipinski definition) is 3. The van der Waals surface area contributed by atoms with Gasteiger partial charge in [0, 0.05) is 6.54 Å². The first kappa shape index (κ1) is 10.3. The molecule has 0 aliphatic rings. The fourth-order valence-corrected chi connectivity index (χ4v) is 1.19. The SMILES string of the molecule is CCCCn1c(O)ccc(C#N)c1=O. The molecule has 1 aromatic rings. The van der Waals surface area contributed by atoms with Crippen LogP contribution in [-0.4, -0.2) is 9.67 Å². The van der Waals surface area contributed by atoms with Crippen LogP contribution in [0.2, 0.25) is 0 Å². The largest absolute Gasteiger partial charge is 0.494 e. The third-order valence-corrected chi connectivity index (χ3v) is 2.01. The van der Waals surface area contributed by atoms with E-state index in [1.807, 2.05) is 6.92 Å². The second-order valence-electron chi connectivity index (χ2n) is 3.03. The van der Waals surface area contributed by atoms with Crippen LogP contribution in [-0.2, 0) is 6.54 Å². The molecule has 4 nitrogen and oxygen atoms in total. The molecule has 0 unspecified atom stereocenters. The first-order valence-corrected chi connectivity index (χ1v) is 4.53. The monoisotopic (exact) mass is 192 g/mol. The second kappa shape index (κ2) is 4.47. The summed E-state index contributed by atoms with van der Waals surface area (Å²) in [6.45, 7) is 2.45. The first-order chi connectivity index (χ1) is 6.70. The van der Waals surface area contributed by atoms with Crippen LogP contribution >= 0.6 is 0 Å². The van der Waals surface area contributed by atoms with E-state index in [0.29, 0.717) is 6.54 Å². The van der Waals surface area contributed by atoms with Crippen molar-refractivity contribution in [1.82, 2.24) is 4.57 Å². The van der Waals surface area contributed by atoms with Gasteiger partial charge >= 0.3 is 0 Å². The molecule has 0 saturated carbocycles. The maximum absolute atomic E-state index is 11.5. The molecule has 1 aromatic heterocycles. The van der Waals surface area contributed by atoms with Crippen LogP contribution in [0.15, 0.2) is 16.9 Å². The zero-order valence-electron chi connectivity index (χ0n) is 8.03. The van der Waals surface area contributed by atoms with Gasteiger partial charge in [-0.25, -0.2) is 0 Å². The Morgan fingerprint density at radius 3 is 2.86 bits per heavy atom. The molecule has 0 bridgehead atoms. The Balaban J connectivity index is 3.14. The van der Waals surface area contributed by atoms with Crippen LogP contribution < -0.4 is 5.56 Å². The molecule has 0 aromatic carbocycles. The van der Waals surface area contributed by atoms with Crippen molar-refractivity contribution >= 4 is 0 Å². The Morgan fingerprint density at radius 1 is 1.57 bits per heavy atom. The highest BCUT2D eigenvalue weighted by Crippen LogP contribution is 2.07. The Kier molecular flexibility index (Phi) is 3.29. The fourth-order valence-electron chi connectivity index (χ4n) is 1.19. The van der Waals surface area contributed by atoms with Gasteiger partial charge in [-0.2, -0.15) is 5.26 Å². The minimum atomic E-state index is -0.416. The normalized spacial score (nSPS) is 9.71. The number of aromatic hydroxyl groups is 1. The van der Waals surface area contributed by atoms with Gasteiger partial charge in [0.2, 0.25) is 0 Å². The van der Waals surface area contributed by atoms with Gasteiger partial charge in [0.05, 0.1) is 0 Å².